The number of likely N-dealkylation sites (tertiary alicyclic amines) is 2. The van der Waals surface area contributed by atoms with Crippen molar-refractivity contribution in [2.75, 3.05) is 26.2 Å². The van der Waals surface area contributed by atoms with Crippen LogP contribution in [0.2, 0.25) is 0 Å². The van der Waals surface area contributed by atoms with Crippen LogP contribution < -0.4 is 5.73 Å². The lowest BCUT2D eigenvalue weighted by Crippen LogP contribution is -2.43. The number of amides is 3. The lowest BCUT2D eigenvalue weighted by Gasteiger charge is -2.34. The molecule has 5 heterocycles. The quantitative estimate of drug-likeness (QED) is 0.106. The van der Waals surface area contributed by atoms with Gasteiger partial charge in [-0.1, -0.05) is 92.7 Å². The summed E-state index contributed by atoms with van der Waals surface area (Å²) in [6.45, 7) is 7.02. The number of nitrogens with zero attached hydrogens (tertiary/aromatic N) is 7. The number of aromatic nitrogens is 6. The van der Waals surface area contributed by atoms with Gasteiger partial charge in [-0.05, 0) is 66.6 Å². The van der Waals surface area contributed by atoms with Crippen LogP contribution in [0.25, 0.3) is 33.6 Å². The minimum Gasteiger partial charge on any atom is -0.436 e. The molecule has 0 aliphatic carbocycles. The maximum atomic E-state index is 14.2. The standard InChI is InChI=1S/C46H52N10O4/c1-4-54(5-2)41(34-11-7-6-8-12-34)45(58)56-24-10-14-39(56)43-50-28-37(52-43)33-21-17-31(18-22-33)30-15-19-32(20-16-30)36-27-49-42(51-36)38-13-9-23-55(38)44(57)40(60-46(47)59)25-35-26-48-29-53(35)3/h6-8,11-12,15-22,26-29,38-41H,4-5,9-10,13-14,23-25H2,1-3H3,(H2,47,59)(H,49,51)(H,50,52)/t38-,39?,40-,41?/m0/s1. The zero-order chi connectivity index (χ0) is 41.8. The fourth-order valence-corrected chi connectivity index (χ4v) is 8.79. The van der Waals surface area contributed by atoms with Gasteiger partial charge in [-0.15, -0.1) is 0 Å². The number of hydrogen-bond acceptors (Lipinski definition) is 8. The molecule has 2 fully saturated rings. The number of rotatable bonds is 14. The van der Waals surface area contributed by atoms with Crippen molar-refractivity contribution in [1.29, 1.82) is 0 Å². The Hall–Kier alpha value is -6.54. The highest BCUT2D eigenvalue weighted by atomic mass is 16.6. The van der Waals surface area contributed by atoms with E-state index in [4.69, 9.17) is 15.5 Å². The average Bonchev–Trinajstić information content (AvgIpc) is 4.13. The molecule has 14 heteroatoms. The Balaban J connectivity index is 0.925. The van der Waals surface area contributed by atoms with Crippen LogP contribution in [0.4, 0.5) is 4.79 Å². The molecule has 2 unspecified atom stereocenters. The van der Waals surface area contributed by atoms with Gasteiger partial charge in [-0.3, -0.25) is 14.5 Å². The molecule has 4 N–H and O–H groups in total. The van der Waals surface area contributed by atoms with Gasteiger partial charge < -0.3 is 34.8 Å². The van der Waals surface area contributed by atoms with Gasteiger partial charge in [0.15, 0.2) is 6.10 Å². The molecule has 0 spiro atoms. The van der Waals surface area contributed by atoms with Crippen LogP contribution in [0.5, 0.6) is 0 Å². The number of hydrogen-bond donors (Lipinski definition) is 3. The summed E-state index contributed by atoms with van der Waals surface area (Å²) in [5.41, 5.74) is 13.0. The molecule has 3 amide bonds. The lowest BCUT2D eigenvalue weighted by atomic mass is 10.0. The molecule has 60 heavy (non-hydrogen) atoms. The zero-order valence-corrected chi connectivity index (χ0v) is 34.3. The van der Waals surface area contributed by atoms with E-state index < -0.39 is 12.2 Å². The topological polar surface area (TPSA) is 171 Å². The van der Waals surface area contributed by atoms with Crippen LogP contribution in [-0.4, -0.2) is 94.4 Å². The summed E-state index contributed by atoms with van der Waals surface area (Å²) in [5.74, 6) is 1.31. The Labute approximate surface area is 349 Å². The number of nitrogens with two attached hydrogens (primary N) is 1. The number of likely N-dealkylation sites (N-methyl/N-ethyl adjacent to an activating group) is 1. The van der Waals surface area contributed by atoms with Crippen LogP contribution in [0.1, 0.15) is 80.6 Å². The Morgan fingerprint density at radius 3 is 1.75 bits per heavy atom. The van der Waals surface area contributed by atoms with Crippen LogP contribution in [0.3, 0.4) is 0 Å². The van der Waals surface area contributed by atoms with E-state index in [2.05, 4.69) is 99.3 Å². The van der Waals surface area contributed by atoms with E-state index in [1.54, 1.807) is 28.2 Å². The molecule has 2 saturated heterocycles. The third kappa shape index (κ3) is 8.32. The first kappa shape index (κ1) is 40.2. The first-order valence-electron chi connectivity index (χ1n) is 20.8. The minimum absolute atomic E-state index is 0.102. The highest BCUT2D eigenvalue weighted by molar-refractivity contribution is 5.85. The first-order valence-corrected chi connectivity index (χ1v) is 20.8. The molecule has 0 saturated carbocycles. The SMILES string of the molecule is CCN(CC)C(C(=O)N1CCCC1c1ncc(-c2ccc(-c3ccc(-c4cnc([C@@H]5CCCN5C(=O)[C@H](Cc5cncn5C)OC(N)=O)[nH]4)cc3)cc2)[nH]1)c1ccccc1. The van der Waals surface area contributed by atoms with Gasteiger partial charge in [-0.25, -0.2) is 19.7 Å². The summed E-state index contributed by atoms with van der Waals surface area (Å²) < 4.78 is 7.09. The second kappa shape index (κ2) is 17.8. The van der Waals surface area contributed by atoms with Crippen molar-refractivity contribution in [3.63, 3.8) is 0 Å². The number of aromatic amines is 2. The highest BCUT2D eigenvalue weighted by Crippen LogP contribution is 2.37. The number of H-pyrrole nitrogens is 2. The number of carbonyl (C=O) groups excluding carboxylic acids is 3. The molecular weight excluding hydrogens is 757 g/mol. The van der Waals surface area contributed by atoms with Gasteiger partial charge in [-0.2, -0.15) is 0 Å². The molecule has 3 aromatic heterocycles. The Kier molecular flexibility index (Phi) is 11.9. The summed E-state index contributed by atoms with van der Waals surface area (Å²) in [4.78, 5) is 66.3. The molecule has 2 aliphatic rings. The summed E-state index contributed by atoms with van der Waals surface area (Å²) in [6.07, 6.45) is 8.37. The number of primary amides is 1. The Morgan fingerprint density at radius 1 is 0.750 bits per heavy atom. The molecule has 3 aromatic carbocycles. The van der Waals surface area contributed by atoms with Gasteiger partial charge in [0.2, 0.25) is 5.91 Å². The number of nitrogens with one attached hydrogen (secondary N) is 2. The summed E-state index contributed by atoms with van der Waals surface area (Å²) >= 11 is 0. The van der Waals surface area contributed by atoms with E-state index in [0.29, 0.717) is 18.9 Å². The monoisotopic (exact) mass is 808 g/mol. The molecule has 6 aromatic rings. The van der Waals surface area contributed by atoms with E-state index in [1.807, 2.05) is 36.3 Å². The van der Waals surface area contributed by atoms with Crippen molar-refractivity contribution >= 4 is 17.9 Å². The molecule has 2 aliphatic heterocycles. The van der Waals surface area contributed by atoms with Crippen molar-refractivity contribution < 1.29 is 19.1 Å². The smallest absolute Gasteiger partial charge is 0.405 e. The van der Waals surface area contributed by atoms with E-state index in [9.17, 15) is 14.4 Å². The van der Waals surface area contributed by atoms with E-state index in [0.717, 1.165) is 89.5 Å². The summed E-state index contributed by atoms with van der Waals surface area (Å²) in [5, 5.41) is 0. The van der Waals surface area contributed by atoms with Crippen LogP contribution in [-0.2, 0) is 27.8 Å². The molecule has 14 nitrogen and oxygen atoms in total. The number of ether oxygens (including phenoxy) is 1. The first-order chi connectivity index (χ1) is 29.2. The fraction of sp³-hybridized carbons (Fsp3) is 0.348. The van der Waals surface area contributed by atoms with Gasteiger partial charge in [0, 0.05) is 38.4 Å². The van der Waals surface area contributed by atoms with Crippen molar-refractivity contribution in [3.8, 4) is 33.6 Å². The second-order valence-electron chi connectivity index (χ2n) is 15.6. The maximum absolute atomic E-state index is 14.2. The van der Waals surface area contributed by atoms with E-state index >= 15 is 0 Å². The second-order valence-corrected chi connectivity index (χ2v) is 15.6. The zero-order valence-electron chi connectivity index (χ0n) is 34.3. The molecule has 310 valence electrons. The van der Waals surface area contributed by atoms with E-state index in [-0.39, 0.29) is 36.4 Å². The summed E-state index contributed by atoms with van der Waals surface area (Å²) in [7, 11) is 1.82. The average molecular weight is 809 g/mol. The Bertz CT molecular complexity index is 2400. The number of imidazole rings is 3. The predicted molar refractivity (Wildman–Crippen MR) is 228 cm³/mol. The molecule has 0 bridgehead atoms. The number of benzene rings is 3. The van der Waals surface area contributed by atoms with E-state index in [1.165, 1.54) is 0 Å². The minimum atomic E-state index is -1.07. The maximum Gasteiger partial charge on any atom is 0.405 e. The van der Waals surface area contributed by atoms with Crippen molar-refractivity contribution in [3.05, 3.63) is 127 Å². The van der Waals surface area contributed by atoms with Crippen molar-refractivity contribution in [1.82, 2.24) is 44.2 Å². The third-order valence-electron chi connectivity index (χ3n) is 12.0. The fourth-order valence-electron chi connectivity index (χ4n) is 8.79. The van der Waals surface area contributed by atoms with Crippen molar-refractivity contribution in [2.45, 2.75) is 70.2 Å². The Morgan fingerprint density at radius 2 is 1.27 bits per heavy atom. The van der Waals surface area contributed by atoms with Crippen molar-refractivity contribution in [2.24, 2.45) is 12.8 Å². The van der Waals surface area contributed by atoms with Gasteiger partial charge in [0.25, 0.3) is 5.91 Å². The lowest BCUT2D eigenvalue weighted by molar-refractivity contribution is -0.141. The van der Waals surface area contributed by atoms with Gasteiger partial charge >= 0.3 is 6.09 Å². The third-order valence-corrected chi connectivity index (χ3v) is 12.0. The van der Waals surface area contributed by atoms with Gasteiger partial charge in [0.05, 0.1) is 42.2 Å². The highest BCUT2D eigenvalue weighted by Gasteiger charge is 2.39. The van der Waals surface area contributed by atoms with Crippen LogP contribution >= 0.6 is 0 Å². The summed E-state index contributed by atoms with van der Waals surface area (Å²) in [6, 6.07) is 26.1. The number of carbonyl (C=O) groups is 3. The largest absolute Gasteiger partial charge is 0.436 e. The normalized spacial score (nSPS) is 17.6. The molecular formula is C46H52N10O4. The van der Waals surface area contributed by atoms with Gasteiger partial charge in [0.1, 0.15) is 17.7 Å². The van der Waals surface area contributed by atoms with Crippen LogP contribution in [0.15, 0.2) is 104 Å². The molecule has 8 rings (SSSR count). The molecule has 4 atom stereocenters. The predicted octanol–water partition coefficient (Wildman–Crippen LogP) is 6.98. The number of aryl methyl sites for hydroxylation is 1. The molecule has 0 radical (unpaired) electrons. The van der Waals surface area contributed by atoms with Crippen LogP contribution in [0, 0.1) is 0 Å².